The van der Waals surface area contributed by atoms with Gasteiger partial charge in [0.15, 0.2) is 0 Å². The first-order valence-electron chi connectivity index (χ1n) is 9.95. The van der Waals surface area contributed by atoms with Crippen molar-refractivity contribution in [3.8, 4) is 0 Å². The minimum atomic E-state index is -0.445. The maximum absolute atomic E-state index is 12.1. The lowest BCUT2D eigenvalue weighted by molar-refractivity contribution is -0.383. The highest BCUT2D eigenvalue weighted by atomic mass is 16.6. The molecule has 0 saturated carbocycles. The van der Waals surface area contributed by atoms with E-state index < -0.39 is 4.92 Å². The van der Waals surface area contributed by atoms with Crippen LogP contribution in [0.2, 0.25) is 0 Å². The van der Waals surface area contributed by atoms with Crippen molar-refractivity contribution < 1.29 is 4.92 Å². The second kappa shape index (κ2) is 8.35. The van der Waals surface area contributed by atoms with E-state index in [1.165, 1.54) is 6.33 Å². The number of hydrogen-bond acceptors (Lipinski definition) is 7. The maximum atomic E-state index is 12.1. The van der Waals surface area contributed by atoms with Gasteiger partial charge in [-0.2, -0.15) is 0 Å². The van der Waals surface area contributed by atoms with Gasteiger partial charge >= 0.3 is 5.69 Å². The number of aromatic nitrogens is 3. The van der Waals surface area contributed by atoms with Crippen LogP contribution in [0.3, 0.4) is 0 Å². The average Bonchev–Trinajstić information content (AvgIpc) is 2.75. The van der Waals surface area contributed by atoms with Crippen LogP contribution < -0.4 is 10.2 Å². The van der Waals surface area contributed by atoms with Crippen LogP contribution in [0.4, 0.5) is 28.7 Å². The van der Waals surface area contributed by atoms with Crippen LogP contribution >= 0.6 is 0 Å². The topological polar surface area (TPSA) is 97.1 Å². The van der Waals surface area contributed by atoms with Gasteiger partial charge in [-0.25, -0.2) is 9.97 Å². The summed E-state index contributed by atoms with van der Waals surface area (Å²) in [6.07, 6.45) is 1.34. The van der Waals surface area contributed by atoms with Crippen molar-refractivity contribution >= 4 is 39.6 Å². The summed E-state index contributed by atoms with van der Waals surface area (Å²) in [5, 5.41) is 16.2. The molecular weight excluding hydrogens is 392 g/mol. The number of rotatable bonds is 6. The summed E-state index contributed by atoms with van der Waals surface area (Å²) in [4.78, 5) is 26.5. The van der Waals surface area contributed by atoms with E-state index >= 15 is 0 Å². The summed E-state index contributed by atoms with van der Waals surface area (Å²) < 4.78 is 0. The predicted molar refractivity (Wildman–Crippen MR) is 122 cm³/mol. The van der Waals surface area contributed by atoms with Crippen molar-refractivity contribution in [3.63, 3.8) is 0 Å². The molecule has 2 heterocycles. The summed E-state index contributed by atoms with van der Waals surface area (Å²) in [6.45, 7) is 6.32. The molecule has 156 valence electrons. The van der Waals surface area contributed by atoms with Gasteiger partial charge in [-0.1, -0.05) is 30.3 Å². The largest absolute Gasteiger partial charge is 0.354 e. The van der Waals surface area contributed by atoms with Crippen molar-refractivity contribution in [2.24, 2.45) is 0 Å². The Morgan fingerprint density at radius 1 is 1.06 bits per heavy atom. The van der Waals surface area contributed by atoms with E-state index in [1.54, 1.807) is 0 Å². The van der Waals surface area contributed by atoms with Crippen molar-refractivity contribution in [1.82, 2.24) is 15.0 Å². The molecule has 0 fully saturated rings. The Morgan fingerprint density at radius 3 is 2.61 bits per heavy atom. The Labute approximate surface area is 179 Å². The summed E-state index contributed by atoms with van der Waals surface area (Å²) in [7, 11) is 0. The number of benzene rings is 2. The number of fused-ring (bicyclic) bond motifs is 1. The predicted octanol–water partition coefficient (Wildman–Crippen LogP) is 5.45. The Balaban J connectivity index is 1.84. The second-order valence-electron chi connectivity index (χ2n) is 7.19. The van der Waals surface area contributed by atoms with Gasteiger partial charge in [0.05, 0.1) is 16.1 Å². The number of hydrogen-bond donors (Lipinski definition) is 1. The van der Waals surface area contributed by atoms with Gasteiger partial charge in [0, 0.05) is 23.3 Å². The molecule has 0 amide bonds. The molecule has 0 bridgehead atoms. The van der Waals surface area contributed by atoms with Gasteiger partial charge < -0.3 is 10.2 Å². The highest BCUT2D eigenvalue weighted by Crippen LogP contribution is 2.37. The summed E-state index contributed by atoms with van der Waals surface area (Å²) in [5.74, 6) is 0.358. The van der Waals surface area contributed by atoms with Gasteiger partial charge in [0.1, 0.15) is 6.33 Å². The third-order valence-electron chi connectivity index (χ3n) is 4.98. The number of anilines is 4. The highest BCUT2D eigenvalue weighted by molar-refractivity contribution is 5.93. The van der Waals surface area contributed by atoms with E-state index in [0.717, 1.165) is 27.8 Å². The molecule has 0 aliphatic rings. The summed E-state index contributed by atoms with van der Waals surface area (Å²) in [6, 6.07) is 17.3. The van der Waals surface area contributed by atoms with Crippen LogP contribution in [0.15, 0.2) is 60.9 Å². The van der Waals surface area contributed by atoms with Crippen molar-refractivity contribution in [2.45, 2.75) is 20.8 Å². The van der Waals surface area contributed by atoms with Crippen molar-refractivity contribution in [2.75, 3.05) is 16.8 Å². The molecule has 31 heavy (non-hydrogen) atoms. The van der Waals surface area contributed by atoms with E-state index in [2.05, 4.69) is 20.3 Å². The molecule has 4 aromatic rings. The van der Waals surface area contributed by atoms with Crippen LogP contribution in [-0.4, -0.2) is 26.4 Å². The van der Waals surface area contributed by atoms with Crippen LogP contribution in [0.25, 0.3) is 10.9 Å². The van der Waals surface area contributed by atoms with Gasteiger partial charge in [-0.15, -0.1) is 0 Å². The first kappa shape index (κ1) is 20.2. The monoisotopic (exact) mass is 414 g/mol. The minimum absolute atomic E-state index is 0.122. The summed E-state index contributed by atoms with van der Waals surface area (Å²) >= 11 is 0. The standard InChI is InChI=1S/C23H22N6O2/c1-4-28(18-9-5-7-15(2)13-18)23-21(29(30)31)22(24-14-25-23)27-19-10-6-8-17-12-11-16(3)26-20(17)19/h5-14H,4H2,1-3H3,(H,24,25,27). The number of nitrogens with one attached hydrogen (secondary N) is 1. The van der Waals surface area contributed by atoms with Gasteiger partial charge in [0.25, 0.3) is 0 Å². The number of pyridine rings is 1. The molecule has 0 aliphatic carbocycles. The van der Waals surface area contributed by atoms with Crippen LogP contribution in [0.1, 0.15) is 18.2 Å². The molecule has 8 nitrogen and oxygen atoms in total. The number of para-hydroxylation sites is 1. The minimum Gasteiger partial charge on any atom is -0.332 e. The van der Waals surface area contributed by atoms with E-state index in [9.17, 15) is 10.1 Å². The summed E-state index contributed by atoms with van der Waals surface area (Å²) in [5.41, 5.74) is 3.93. The lowest BCUT2D eigenvalue weighted by Crippen LogP contribution is -2.20. The van der Waals surface area contributed by atoms with Gasteiger partial charge in [0.2, 0.25) is 11.6 Å². The molecule has 8 heteroatoms. The maximum Gasteiger partial charge on any atom is 0.354 e. The molecule has 2 aromatic carbocycles. The molecule has 2 aromatic heterocycles. The third-order valence-corrected chi connectivity index (χ3v) is 4.98. The zero-order chi connectivity index (χ0) is 22.0. The SMILES string of the molecule is CCN(c1cccc(C)c1)c1ncnc(Nc2cccc3ccc(C)nc23)c1[N+](=O)[O-]. The zero-order valence-electron chi connectivity index (χ0n) is 17.5. The first-order chi connectivity index (χ1) is 15.0. The molecule has 0 radical (unpaired) electrons. The Kier molecular flexibility index (Phi) is 5.44. The van der Waals surface area contributed by atoms with Crippen LogP contribution in [-0.2, 0) is 0 Å². The number of aryl methyl sites for hydroxylation is 2. The molecule has 0 aliphatic heterocycles. The quantitative estimate of drug-likeness (QED) is 0.331. The van der Waals surface area contributed by atoms with Crippen LogP contribution in [0.5, 0.6) is 0 Å². The Morgan fingerprint density at radius 2 is 1.87 bits per heavy atom. The molecule has 1 N–H and O–H groups in total. The molecular formula is C23H22N6O2. The van der Waals surface area contributed by atoms with E-state index in [1.807, 2.05) is 80.3 Å². The normalized spacial score (nSPS) is 10.8. The number of nitrogens with zero attached hydrogens (tertiary/aromatic N) is 5. The van der Waals surface area contributed by atoms with Gasteiger partial charge in [-0.05, 0) is 50.6 Å². The third kappa shape index (κ3) is 4.00. The Bertz CT molecular complexity index is 1270. The lowest BCUT2D eigenvalue weighted by Gasteiger charge is -2.22. The number of nitro groups is 1. The Hall–Kier alpha value is -4.07. The smallest absolute Gasteiger partial charge is 0.332 e. The van der Waals surface area contributed by atoms with E-state index in [0.29, 0.717) is 12.2 Å². The first-order valence-corrected chi connectivity index (χ1v) is 9.95. The van der Waals surface area contributed by atoms with Gasteiger partial charge in [-0.3, -0.25) is 15.1 Å². The fraction of sp³-hybridized carbons (Fsp3) is 0.174. The molecule has 4 rings (SSSR count). The van der Waals surface area contributed by atoms with Crippen LogP contribution in [0, 0.1) is 24.0 Å². The average molecular weight is 414 g/mol. The van der Waals surface area contributed by atoms with Crippen molar-refractivity contribution in [3.05, 3.63) is 82.3 Å². The second-order valence-corrected chi connectivity index (χ2v) is 7.19. The van der Waals surface area contributed by atoms with E-state index in [4.69, 9.17) is 0 Å². The molecule has 0 atom stereocenters. The lowest BCUT2D eigenvalue weighted by atomic mass is 10.1. The fourth-order valence-corrected chi connectivity index (χ4v) is 3.55. The zero-order valence-corrected chi connectivity index (χ0v) is 17.5. The molecule has 0 saturated heterocycles. The molecule has 0 unspecified atom stereocenters. The highest BCUT2D eigenvalue weighted by Gasteiger charge is 2.28. The van der Waals surface area contributed by atoms with E-state index in [-0.39, 0.29) is 17.3 Å². The fourth-order valence-electron chi connectivity index (χ4n) is 3.55. The molecule has 0 spiro atoms. The van der Waals surface area contributed by atoms with Crippen molar-refractivity contribution in [1.29, 1.82) is 0 Å².